The second-order valence-corrected chi connectivity index (χ2v) is 9.27. The first-order valence-corrected chi connectivity index (χ1v) is 12.1. The maximum Gasteiger partial charge on any atom is 0.271 e. The molecule has 0 atom stereocenters. The molecule has 0 saturated heterocycles. The van der Waals surface area contributed by atoms with Gasteiger partial charge < -0.3 is 20.0 Å². The third-order valence-electron chi connectivity index (χ3n) is 5.46. The van der Waals surface area contributed by atoms with Crippen LogP contribution in [0.15, 0.2) is 41.3 Å². The number of allylic oxidation sites excluding steroid dienone is 6. The lowest BCUT2D eigenvalue weighted by molar-refractivity contribution is -0.115. The molecule has 1 amide bonds. The number of hydrogen-bond acceptors (Lipinski definition) is 5. The third-order valence-corrected chi connectivity index (χ3v) is 5.46. The van der Waals surface area contributed by atoms with Gasteiger partial charge in [0.25, 0.3) is 5.91 Å². The van der Waals surface area contributed by atoms with Gasteiger partial charge in [-0.1, -0.05) is 42.7 Å². The molecular formula is C27H42N4O3. The summed E-state index contributed by atoms with van der Waals surface area (Å²) in [6.45, 7) is 11.1. The summed E-state index contributed by atoms with van der Waals surface area (Å²) >= 11 is 0. The number of hydrogen-bond donors (Lipinski definition) is 2. The van der Waals surface area contributed by atoms with Crippen LogP contribution in [-0.2, 0) is 16.1 Å². The van der Waals surface area contributed by atoms with Gasteiger partial charge in [0.05, 0.1) is 12.9 Å². The fraction of sp³-hybridized carbons (Fsp3) is 0.556. The Labute approximate surface area is 204 Å². The zero-order chi connectivity index (χ0) is 25.5. The molecule has 1 heterocycles. The fourth-order valence-corrected chi connectivity index (χ4v) is 3.60. The van der Waals surface area contributed by atoms with Crippen LogP contribution in [-0.4, -0.2) is 41.1 Å². The van der Waals surface area contributed by atoms with Crippen molar-refractivity contribution in [2.24, 2.45) is 5.92 Å². The van der Waals surface area contributed by atoms with E-state index < -0.39 is 0 Å². The van der Waals surface area contributed by atoms with E-state index in [9.17, 15) is 14.4 Å². The third kappa shape index (κ3) is 11.3. The Balaban J connectivity index is 2.52. The summed E-state index contributed by atoms with van der Waals surface area (Å²) in [5.41, 5.74) is 4.19. The maximum absolute atomic E-state index is 12.2. The highest BCUT2D eigenvalue weighted by Crippen LogP contribution is 2.16. The van der Waals surface area contributed by atoms with Crippen LogP contribution in [0.1, 0.15) is 83.6 Å². The predicted octanol–water partition coefficient (Wildman–Crippen LogP) is 5.26. The van der Waals surface area contributed by atoms with Crippen molar-refractivity contribution in [1.82, 2.24) is 14.9 Å². The van der Waals surface area contributed by atoms with Crippen LogP contribution in [0.25, 0.3) is 0 Å². The van der Waals surface area contributed by atoms with E-state index >= 15 is 0 Å². The van der Waals surface area contributed by atoms with Crippen LogP contribution < -0.4 is 10.6 Å². The first-order valence-electron chi connectivity index (χ1n) is 12.1. The van der Waals surface area contributed by atoms with Crippen LogP contribution in [0.5, 0.6) is 0 Å². The standard InChI is InChI=1S/C27H42N4O3/c1-20(2)17-24(33)18-23(5)12-8-10-21(3)9-7-11-22(4)13-15-31-19-30-26(29-14-16-32)25(31)27(34)28-6/h9,13,16,18-20,29H,7-8,10-12,14-15,17H2,1-6H3,(H,28,34). The van der Waals surface area contributed by atoms with Crippen molar-refractivity contribution in [3.05, 3.63) is 47.0 Å². The van der Waals surface area contributed by atoms with Gasteiger partial charge in [-0.3, -0.25) is 9.59 Å². The molecule has 0 aliphatic heterocycles. The number of aromatic nitrogens is 2. The molecule has 0 aliphatic carbocycles. The first-order chi connectivity index (χ1) is 16.2. The Hall–Kier alpha value is -2.96. The Morgan fingerprint density at radius 2 is 1.74 bits per heavy atom. The number of carbonyl (C=O) groups excluding carboxylic acids is 3. The summed E-state index contributed by atoms with van der Waals surface area (Å²) in [4.78, 5) is 39.0. The van der Waals surface area contributed by atoms with E-state index in [4.69, 9.17) is 0 Å². The van der Waals surface area contributed by atoms with Crippen molar-refractivity contribution in [2.45, 2.75) is 79.7 Å². The summed E-state index contributed by atoms with van der Waals surface area (Å²) in [6, 6.07) is 0. The molecule has 188 valence electrons. The molecule has 0 unspecified atom stereocenters. The molecule has 0 aliphatic rings. The van der Waals surface area contributed by atoms with E-state index in [-0.39, 0.29) is 18.2 Å². The van der Waals surface area contributed by atoms with Crippen LogP contribution in [0.2, 0.25) is 0 Å². The van der Waals surface area contributed by atoms with Gasteiger partial charge in [-0.05, 0) is 64.9 Å². The smallest absolute Gasteiger partial charge is 0.271 e. The zero-order valence-electron chi connectivity index (χ0n) is 21.7. The summed E-state index contributed by atoms with van der Waals surface area (Å²) in [5, 5.41) is 5.49. The number of carbonyl (C=O) groups is 3. The summed E-state index contributed by atoms with van der Waals surface area (Å²) in [5.74, 6) is 0.795. The molecule has 1 aromatic rings. The second kappa shape index (κ2) is 15.8. The highest BCUT2D eigenvalue weighted by molar-refractivity contribution is 5.97. The molecule has 1 aromatic heterocycles. The normalized spacial score (nSPS) is 12.7. The largest absolute Gasteiger partial charge is 0.361 e. The van der Waals surface area contributed by atoms with Crippen molar-refractivity contribution in [1.29, 1.82) is 0 Å². The zero-order valence-corrected chi connectivity index (χ0v) is 21.7. The summed E-state index contributed by atoms with van der Waals surface area (Å²) in [6.07, 6.45) is 14.1. The minimum Gasteiger partial charge on any atom is -0.361 e. The Morgan fingerprint density at radius 3 is 2.38 bits per heavy atom. The van der Waals surface area contributed by atoms with Gasteiger partial charge in [0.1, 0.15) is 6.29 Å². The van der Waals surface area contributed by atoms with Crippen molar-refractivity contribution in [3.8, 4) is 0 Å². The number of ketones is 1. The van der Waals surface area contributed by atoms with Crippen LogP contribution in [0, 0.1) is 5.92 Å². The van der Waals surface area contributed by atoms with E-state index in [1.807, 2.05) is 13.0 Å². The number of rotatable bonds is 16. The Morgan fingerprint density at radius 1 is 1.06 bits per heavy atom. The number of aldehydes is 1. The van der Waals surface area contributed by atoms with E-state index in [1.54, 1.807) is 17.9 Å². The topological polar surface area (TPSA) is 93.1 Å². The van der Waals surface area contributed by atoms with Crippen molar-refractivity contribution < 1.29 is 14.4 Å². The number of amides is 1. The maximum atomic E-state index is 12.2. The van der Waals surface area contributed by atoms with Crippen molar-refractivity contribution >= 4 is 23.8 Å². The average Bonchev–Trinajstić information content (AvgIpc) is 3.17. The van der Waals surface area contributed by atoms with Gasteiger partial charge in [-0.2, -0.15) is 0 Å². The van der Waals surface area contributed by atoms with E-state index in [2.05, 4.69) is 55.5 Å². The lowest BCUT2D eigenvalue weighted by Crippen LogP contribution is -2.23. The minimum absolute atomic E-state index is 0.105. The quantitative estimate of drug-likeness (QED) is 0.195. The van der Waals surface area contributed by atoms with Crippen molar-refractivity contribution in [3.63, 3.8) is 0 Å². The Kier molecular flexibility index (Phi) is 13.5. The molecule has 34 heavy (non-hydrogen) atoms. The average molecular weight is 471 g/mol. The van der Waals surface area contributed by atoms with Gasteiger partial charge >= 0.3 is 0 Å². The molecule has 0 spiro atoms. The molecular weight excluding hydrogens is 428 g/mol. The van der Waals surface area contributed by atoms with Gasteiger partial charge in [-0.25, -0.2) is 4.98 Å². The van der Waals surface area contributed by atoms with E-state index in [0.29, 0.717) is 30.4 Å². The van der Waals surface area contributed by atoms with Crippen LogP contribution in [0.3, 0.4) is 0 Å². The van der Waals surface area contributed by atoms with Gasteiger partial charge in [-0.15, -0.1) is 0 Å². The fourth-order valence-electron chi connectivity index (χ4n) is 3.60. The molecule has 0 saturated carbocycles. The summed E-state index contributed by atoms with van der Waals surface area (Å²) < 4.78 is 1.78. The predicted molar refractivity (Wildman–Crippen MR) is 139 cm³/mol. The highest BCUT2D eigenvalue weighted by atomic mass is 16.2. The Bertz CT molecular complexity index is 907. The number of nitrogens with one attached hydrogen (secondary N) is 2. The lowest BCUT2D eigenvalue weighted by Gasteiger charge is -2.08. The number of anilines is 1. The van der Waals surface area contributed by atoms with E-state index in [1.165, 1.54) is 11.1 Å². The molecule has 7 nitrogen and oxygen atoms in total. The molecule has 2 N–H and O–H groups in total. The highest BCUT2D eigenvalue weighted by Gasteiger charge is 2.16. The van der Waals surface area contributed by atoms with Crippen molar-refractivity contribution in [2.75, 3.05) is 18.9 Å². The molecule has 0 radical (unpaired) electrons. The lowest BCUT2D eigenvalue weighted by atomic mass is 10.0. The first kappa shape index (κ1) is 29.1. The van der Waals surface area contributed by atoms with Crippen LogP contribution in [0.4, 0.5) is 5.82 Å². The van der Waals surface area contributed by atoms with Crippen LogP contribution >= 0.6 is 0 Å². The molecule has 1 rings (SSSR count). The number of nitrogens with zero attached hydrogens (tertiary/aromatic N) is 2. The van der Waals surface area contributed by atoms with E-state index in [0.717, 1.165) is 44.0 Å². The second-order valence-electron chi connectivity index (χ2n) is 9.27. The molecule has 0 fully saturated rings. The summed E-state index contributed by atoms with van der Waals surface area (Å²) in [7, 11) is 1.57. The molecule has 0 bridgehead atoms. The van der Waals surface area contributed by atoms with Gasteiger partial charge in [0.15, 0.2) is 17.3 Å². The van der Waals surface area contributed by atoms with Gasteiger partial charge in [0.2, 0.25) is 0 Å². The molecule has 7 heteroatoms. The number of imidazole rings is 1. The SMILES string of the molecule is CNC(=O)c1c(NCC=O)ncn1CC=C(C)CCC=C(C)CCCC(C)=CC(=O)CC(C)C. The van der Waals surface area contributed by atoms with Gasteiger partial charge in [0, 0.05) is 20.0 Å². The molecule has 0 aromatic carbocycles. The minimum atomic E-state index is -0.245. The monoisotopic (exact) mass is 470 g/mol.